The van der Waals surface area contributed by atoms with Crippen LogP contribution in [-0.4, -0.2) is 45.0 Å². The second-order valence-electron chi connectivity index (χ2n) is 7.06. The van der Waals surface area contributed by atoms with Gasteiger partial charge in [0.05, 0.1) is 16.0 Å². The second-order valence-corrected chi connectivity index (χ2v) is 9.75. The Morgan fingerprint density at radius 2 is 1.63 bits per heavy atom. The predicted molar refractivity (Wildman–Crippen MR) is 116 cm³/mol. The first kappa shape index (κ1) is 22.9. The maximum atomic E-state index is 12.9. The molecule has 1 heterocycles. The Kier molecular flexibility index (Phi) is 7.63. The first-order chi connectivity index (χ1) is 14.3. The lowest BCUT2D eigenvalue weighted by Crippen LogP contribution is -2.40. The van der Waals surface area contributed by atoms with Crippen LogP contribution in [-0.2, 0) is 19.6 Å². The SMILES string of the molecule is Cc1ccc(OCCOC(=O)C2CCN(S(=O)(=O)c3c(Cl)cccc3Cl)CC2)cc1. The molecule has 0 radical (unpaired) electrons. The van der Waals surface area contributed by atoms with Crippen LogP contribution >= 0.6 is 23.2 Å². The molecule has 0 saturated carbocycles. The third-order valence-electron chi connectivity index (χ3n) is 4.92. The van der Waals surface area contributed by atoms with E-state index in [0.29, 0.717) is 18.6 Å². The number of benzene rings is 2. The Labute approximate surface area is 186 Å². The van der Waals surface area contributed by atoms with E-state index >= 15 is 0 Å². The molecule has 0 atom stereocenters. The number of halogens is 2. The number of hydrogen-bond acceptors (Lipinski definition) is 5. The summed E-state index contributed by atoms with van der Waals surface area (Å²) >= 11 is 12.1. The van der Waals surface area contributed by atoms with Crippen molar-refractivity contribution in [2.45, 2.75) is 24.7 Å². The molecule has 0 spiro atoms. The minimum Gasteiger partial charge on any atom is -0.490 e. The standard InChI is InChI=1S/C21H23Cl2NO5S/c1-15-5-7-17(8-6-15)28-13-14-29-21(25)16-9-11-24(12-10-16)30(26,27)20-18(22)3-2-4-19(20)23/h2-8,16H,9-14H2,1H3. The van der Waals surface area contributed by atoms with Crippen LogP contribution < -0.4 is 4.74 Å². The van der Waals surface area contributed by atoms with E-state index in [1.807, 2.05) is 31.2 Å². The lowest BCUT2D eigenvalue weighted by Gasteiger charge is -2.30. The van der Waals surface area contributed by atoms with Gasteiger partial charge in [-0.3, -0.25) is 4.79 Å². The van der Waals surface area contributed by atoms with Crippen molar-refractivity contribution in [2.75, 3.05) is 26.3 Å². The van der Waals surface area contributed by atoms with E-state index in [9.17, 15) is 13.2 Å². The van der Waals surface area contributed by atoms with E-state index in [-0.39, 0.29) is 53.1 Å². The van der Waals surface area contributed by atoms with Gasteiger partial charge in [0.15, 0.2) is 0 Å². The zero-order chi connectivity index (χ0) is 21.7. The van der Waals surface area contributed by atoms with Crippen molar-refractivity contribution >= 4 is 39.2 Å². The van der Waals surface area contributed by atoms with Crippen LogP contribution in [0.4, 0.5) is 0 Å². The molecule has 0 unspecified atom stereocenters. The van der Waals surface area contributed by atoms with E-state index < -0.39 is 10.0 Å². The van der Waals surface area contributed by atoms with Crippen LogP contribution in [0.3, 0.4) is 0 Å². The van der Waals surface area contributed by atoms with Crippen LogP contribution in [0.2, 0.25) is 10.0 Å². The molecule has 0 aliphatic carbocycles. The monoisotopic (exact) mass is 471 g/mol. The summed E-state index contributed by atoms with van der Waals surface area (Å²) in [6, 6.07) is 12.2. The Bertz CT molecular complexity index is 967. The van der Waals surface area contributed by atoms with Gasteiger partial charge in [0, 0.05) is 13.1 Å². The van der Waals surface area contributed by atoms with Crippen LogP contribution in [0, 0.1) is 12.8 Å². The summed E-state index contributed by atoms with van der Waals surface area (Å²) in [5, 5.41) is 0.162. The smallest absolute Gasteiger partial charge is 0.309 e. The van der Waals surface area contributed by atoms with E-state index in [0.717, 1.165) is 5.56 Å². The van der Waals surface area contributed by atoms with Gasteiger partial charge in [0.25, 0.3) is 0 Å². The number of esters is 1. The van der Waals surface area contributed by atoms with Gasteiger partial charge in [-0.1, -0.05) is 47.0 Å². The quantitative estimate of drug-likeness (QED) is 0.443. The molecular weight excluding hydrogens is 449 g/mol. The zero-order valence-electron chi connectivity index (χ0n) is 16.5. The number of sulfonamides is 1. The zero-order valence-corrected chi connectivity index (χ0v) is 18.8. The van der Waals surface area contributed by atoms with Crippen molar-refractivity contribution in [1.29, 1.82) is 0 Å². The highest BCUT2D eigenvalue weighted by Crippen LogP contribution is 2.33. The Morgan fingerprint density at radius 3 is 2.23 bits per heavy atom. The number of carbonyl (C=O) groups excluding carboxylic acids is 1. The van der Waals surface area contributed by atoms with Crippen LogP contribution in [0.1, 0.15) is 18.4 Å². The molecule has 0 amide bonds. The molecule has 2 aromatic carbocycles. The summed E-state index contributed by atoms with van der Waals surface area (Å²) in [6.07, 6.45) is 0.748. The van der Waals surface area contributed by atoms with E-state index in [1.54, 1.807) is 6.07 Å². The molecule has 30 heavy (non-hydrogen) atoms. The number of piperidine rings is 1. The van der Waals surface area contributed by atoms with Crippen LogP contribution in [0.5, 0.6) is 5.75 Å². The minimum absolute atomic E-state index is 0.0811. The topological polar surface area (TPSA) is 72.9 Å². The van der Waals surface area contributed by atoms with Gasteiger partial charge in [-0.2, -0.15) is 4.31 Å². The van der Waals surface area contributed by atoms with Crippen molar-refractivity contribution in [2.24, 2.45) is 5.92 Å². The Balaban J connectivity index is 1.47. The van der Waals surface area contributed by atoms with Crippen LogP contribution in [0.25, 0.3) is 0 Å². The fraction of sp³-hybridized carbons (Fsp3) is 0.381. The maximum Gasteiger partial charge on any atom is 0.309 e. The molecule has 0 aromatic heterocycles. The molecule has 0 N–H and O–H groups in total. The Hall–Kier alpha value is -1.80. The molecule has 0 bridgehead atoms. The first-order valence-corrected chi connectivity index (χ1v) is 11.8. The van der Waals surface area contributed by atoms with Gasteiger partial charge in [-0.25, -0.2) is 8.42 Å². The average Bonchev–Trinajstić information content (AvgIpc) is 2.72. The summed E-state index contributed by atoms with van der Waals surface area (Å²) in [6.45, 7) is 2.78. The molecule has 2 aromatic rings. The molecule has 6 nitrogen and oxygen atoms in total. The van der Waals surface area contributed by atoms with Gasteiger partial charge < -0.3 is 9.47 Å². The minimum atomic E-state index is -3.83. The molecule has 1 aliphatic heterocycles. The summed E-state index contributed by atoms with van der Waals surface area (Å²) in [4.78, 5) is 12.2. The third-order valence-corrected chi connectivity index (χ3v) is 7.78. The number of hydrogen-bond donors (Lipinski definition) is 0. The molecule has 1 aliphatic rings. The number of carbonyl (C=O) groups is 1. The van der Waals surface area contributed by atoms with Gasteiger partial charge in [0.2, 0.25) is 10.0 Å². The maximum absolute atomic E-state index is 12.9. The second kappa shape index (κ2) is 10.0. The fourth-order valence-electron chi connectivity index (χ4n) is 3.24. The summed E-state index contributed by atoms with van der Waals surface area (Å²) in [7, 11) is -3.83. The normalized spacial score (nSPS) is 15.7. The molecule has 3 rings (SSSR count). The third kappa shape index (κ3) is 5.46. The molecule has 162 valence electrons. The summed E-state index contributed by atoms with van der Waals surface area (Å²) in [5.74, 6) is 0.0290. The lowest BCUT2D eigenvalue weighted by molar-refractivity contribution is -0.150. The van der Waals surface area contributed by atoms with Crippen molar-refractivity contribution in [1.82, 2.24) is 4.31 Å². The number of nitrogens with zero attached hydrogens (tertiary/aromatic N) is 1. The summed E-state index contributed by atoms with van der Waals surface area (Å²) < 4.78 is 37.9. The number of rotatable bonds is 7. The van der Waals surface area contributed by atoms with Gasteiger partial charge in [0.1, 0.15) is 23.9 Å². The van der Waals surface area contributed by atoms with Gasteiger partial charge >= 0.3 is 5.97 Å². The predicted octanol–water partition coefficient (Wildman–Crippen LogP) is 4.32. The van der Waals surface area contributed by atoms with Crippen molar-refractivity contribution in [3.05, 3.63) is 58.1 Å². The van der Waals surface area contributed by atoms with Crippen molar-refractivity contribution < 1.29 is 22.7 Å². The first-order valence-electron chi connectivity index (χ1n) is 9.59. The van der Waals surface area contributed by atoms with Crippen LogP contribution in [0.15, 0.2) is 47.4 Å². The van der Waals surface area contributed by atoms with Crippen molar-refractivity contribution in [3.63, 3.8) is 0 Å². The Morgan fingerprint density at radius 1 is 1.03 bits per heavy atom. The lowest BCUT2D eigenvalue weighted by atomic mass is 9.98. The van der Waals surface area contributed by atoms with E-state index in [1.165, 1.54) is 16.4 Å². The molecule has 9 heteroatoms. The average molecular weight is 472 g/mol. The van der Waals surface area contributed by atoms with Gasteiger partial charge in [-0.05, 0) is 44.0 Å². The highest BCUT2D eigenvalue weighted by molar-refractivity contribution is 7.89. The number of aryl methyl sites for hydroxylation is 1. The number of ether oxygens (including phenoxy) is 2. The highest BCUT2D eigenvalue weighted by atomic mass is 35.5. The molecule has 1 saturated heterocycles. The van der Waals surface area contributed by atoms with E-state index in [4.69, 9.17) is 32.7 Å². The highest BCUT2D eigenvalue weighted by Gasteiger charge is 2.34. The largest absolute Gasteiger partial charge is 0.490 e. The molecular formula is C21H23Cl2NO5S. The fourth-order valence-corrected chi connectivity index (χ4v) is 5.81. The van der Waals surface area contributed by atoms with Crippen molar-refractivity contribution in [3.8, 4) is 5.75 Å². The summed E-state index contributed by atoms with van der Waals surface area (Å²) in [5.41, 5.74) is 1.14. The molecule has 1 fully saturated rings. The van der Waals surface area contributed by atoms with E-state index in [2.05, 4.69) is 0 Å². The van der Waals surface area contributed by atoms with Gasteiger partial charge in [-0.15, -0.1) is 0 Å².